The molecule has 1 N–H and O–H groups in total. The molecule has 0 radical (unpaired) electrons. The predicted molar refractivity (Wildman–Crippen MR) is 72.4 cm³/mol. The number of amides is 1. The van der Waals surface area contributed by atoms with Gasteiger partial charge in [-0.25, -0.2) is 13.2 Å². The van der Waals surface area contributed by atoms with E-state index >= 15 is 0 Å². The molecular formula is C14H17ClF3NO. The Hall–Kier alpha value is -1.23. The third-order valence-electron chi connectivity index (χ3n) is 3.25. The summed E-state index contributed by atoms with van der Waals surface area (Å²) in [6, 6.07) is 0.939. The van der Waals surface area contributed by atoms with Gasteiger partial charge >= 0.3 is 0 Å². The maximum Gasteiger partial charge on any atom is 0.257 e. The number of benzene rings is 1. The molecule has 0 spiro atoms. The minimum Gasteiger partial charge on any atom is -0.350 e. The molecule has 0 aliphatic carbocycles. The lowest BCUT2D eigenvalue weighted by Gasteiger charge is -2.19. The summed E-state index contributed by atoms with van der Waals surface area (Å²) in [5, 5.41) is 2.06. The normalized spacial score (nSPS) is 12.6. The smallest absolute Gasteiger partial charge is 0.257 e. The SMILES string of the molecule is CCC(CC)C(Cl)CNC(=O)c1c(F)cc(F)cc1F. The van der Waals surface area contributed by atoms with E-state index in [1.165, 1.54) is 0 Å². The average Bonchev–Trinajstić information content (AvgIpc) is 2.36. The van der Waals surface area contributed by atoms with E-state index in [1.807, 2.05) is 13.8 Å². The number of alkyl halides is 1. The van der Waals surface area contributed by atoms with Crippen molar-refractivity contribution < 1.29 is 18.0 Å². The highest BCUT2D eigenvalue weighted by Gasteiger charge is 2.21. The molecule has 1 aromatic rings. The van der Waals surface area contributed by atoms with Crippen LogP contribution in [-0.2, 0) is 0 Å². The minimum atomic E-state index is -1.23. The Morgan fingerprint density at radius 1 is 1.20 bits per heavy atom. The molecule has 1 amide bonds. The third kappa shape index (κ3) is 4.13. The van der Waals surface area contributed by atoms with Gasteiger partial charge in [-0.2, -0.15) is 0 Å². The minimum absolute atomic E-state index is 0.100. The number of hydrogen-bond donors (Lipinski definition) is 1. The van der Waals surface area contributed by atoms with Crippen molar-refractivity contribution in [3.8, 4) is 0 Å². The summed E-state index contributed by atoms with van der Waals surface area (Å²) >= 11 is 6.12. The van der Waals surface area contributed by atoms with Crippen LogP contribution in [0.4, 0.5) is 13.2 Å². The molecule has 0 saturated carbocycles. The van der Waals surface area contributed by atoms with Crippen molar-refractivity contribution in [2.75, 3.05) is 6.54 Å². The van der Waals surface area contributed by atoms with Gasteiger partial charge < -0.3 is 5.32 Å². The largest absolute Gasteiger partial charge is 0.350 e. The second-order valence-corrected chi connectivity index (χ2v) is 5.11. The average molecular weight is 308 g/mol. The summed E-state index contributed by atoms with van der Waals surface area (Å²) in [5.41, 5.74) is -0.792. The number of nitrogens with one attached hydrogen (secondary N) is 1. The summed E-state index contributed by atoms with van der Waals surface area (Å²) in [4.78, 5) is 11.7. The van der Waals surface area contributed by atoms with Gasteiger partial charge in [-0.3, -0.25) is 4.79 Å². The maximum atomic E-state index is 13.4. The van der Waals surface area contributed by atoms with E-state index in [1.54, 1.807) is 0 Å². The van der Waals surface area contributed by atoms with Crippen LogP contribution in [0, 0.1) is 23.4 Å². The molecule has 0 aliphatic heterocycles. The van der Waals surface area contributed by atoms with E-state index in [9.17, 15) is 18.0 Å². The first kappa shape index (κ1) is 16.8. The molecule has 1 unspecified atom stereocenters. The molecule has 20 heavy (non-hydrogen) atoms. The van der Waals surface area contributed by atoms with E-state index in [2.05, 4.69) is 5.32 Å². The summed E-state index contributed by atoms with van der Waals surface area (Å²) in [7, 11) is 0. The first-order valence-electron chi connectivity index (χ1n) is 6.47. The van der Waals surface area contributed by atoms with Crippen LogP contribution in [0.5, 0.6) is 0 Å². The summed E-state index contributed by atoms with van der Waals surface area (Å²) in [6.07, 6.45) is 1.69. The maximum absolute atomic E-state index is 13.4. The van der Waals surface area contributed by atoms with Gasteiger partial charge in [-0.1, -0.05) is 26.7 Å². The standard InChI is InChI=1S/C14H17ClF3NO/c1-3-8(4-2)10(15)7-19-14(20)13-11(17)5-9(16)6-12(13)18/h5-6,8,10H,3-4,7H2,1-2H3,(H,19,20). The van der Waals surface area contributed by atoms with Crippen LogP contribution >= 0.6 is 11.6 Å². The predicted octanol–water partition coefficient (Wildman–Crippen LogP) is 3.88. The number of halogens is 4. The van der Waals surface area contributed by atoms with Gasteiger partial charge in [-0.15, -0.1) is 11.6 Å². The summed E-state index contributed by atoms with van der Waals surface area (Å²) < 4.78 is 39.6. The molecule has 0 bridgehead atoms. The van der Waals surface area contributed by atoms with E-state index in [0.717, 1.165) is 12.8 Å². The van der Waals surface area contributed by atoms with E-state index in [0.29, 0.717) is 12.1 Å². The second-order valence-electron chi connectivity index (χ2n) is 4.55. The van der Waals surface area contributed by atoms with E-state index in [-0.39, 0.29) is 17.8 Å². The lowest BCUT2D eigenvalue weighted by atomic mass is 9.99. The lowest BCUT2D eigenvalue weighted by molar-refractivity contribution is 0.0943. The van der Waals surface area contributed by atoms with Gasteiger partial charge in [0.15, 0.2) is 0 Å². The number of carbonyl (C=O) groups is 1. The van der Waals surface area contributed by atoms with Crippen molar-refractivity contribution in [1.29, 1.82) is 0 Å². The molecule has 2 nitrogen and oxygen atoms in total. The Kier molecular flexibility index (Phi) is 6.33. The summed E-state index contributed by atoms with van der Waals surface area (Å²) in [6.45, 7) is 4.05. The Bertz CT molecular complexity index is 454. The van der Waals surface area contributed by atoms with Crippen LogP contribution in [0.25, 0.3) is 0 Å². The van der Waals surface area contributed by atoms with Gasteiger partial charge in [0.05, 0.1) is 5.38 Å². The fraction of sp³-hybridized carbons (Fsp3) is 0.500. The molecule has 0 aromatic heterocycles. The van der Waals surface area contributed by atoms with Gasteiger partial charge in [-0.05, 0) is 5.92 Å². The van der Waals surface area contributed by atoms with Crippen LogP contribution < -0.4 is 5.32 Å². The Morgan fingerprint density at radius 2 is 1.70 bits per heavy atom. The van der Waals surface area contributed by atoms with Gasteiger partial charge in [0.1, 0.15) is 23.0 Å². The topological polar surface area (TPSA) is 29.1 Å². The van der Waals surface area contributed by atoms with Gasteiger partial charge in [0.2, 0.25) is 0 Å². The van der Waals surface area contributed by atoms with Crippen LogP contribution in [0.15, 0.2) is 12.1 Å². The first-order chi connectivity index (χ1) is 9.40. The van der Waals surface area contributed by atoms with Crippen molar-refractivity contribution in [1.82, 2.24) is 5.32 Å². The van der Waals surface area contributed by atoms with Crippen molar-refractivity contribution in [2.45, 2.75) is 32.1 Å². The Balaban J connectivity index is 2.73. The van der Waals surface area contributed by atoms with Crippen molar-refractivity contribution >= 4 is 17.5 Å². The molecule has 0 fully saturated rings. The highest BCUT2D eigenvalue weighted by atomic mass is 35.5. The molecule has 0 heterocycles. The van der Waals surface area contributed by atoms with Crippen LogP contribution in [-0.4, -0.2) is 17.8 Å². The molecule has 6 heteroatoms. The zero-order valence-electron chi connectivity index (χ0n) is 11.4. The highest BCUT2D eigenvalue weighted by Crippen LogP contribution is 2.18. The van der Waals surface area contributed by atoms with Crippen LogP contribution in [0.2, 0.25) is 0 Å². The summed E-state index contributed by atoms with van der Waals surface area (Å²) in [5.74, 6) is -4.25. The van der Waals surface area contributed by atoms with E-state index < -0.39 is 28.9 Å². The number of rotatable bonds is 6. The third-order valence-corrected chi connectivity index (χ3v) is 3.76. The van der Waals surface area contributed by atoms with E-state index in [4.69, 9.17) is 11.6 Å². The lowest BCUT2D eigenvalue weighted by Crippen LogP contribution is -2.34. The molecular weight excluding hydrogens is 291 g/mol. The quantitative estimate of drug-likeness (QED) is 0.794. The van der Waals surface area contributed by atoms with Gasteiger partial charge in [0.25, 0.3) is 5.91 Å². The molecule has 0 aliphatic rings. The first-order valence-corrected chi connectivity index (χ1v) is 6.91. The number of hydrogen-bond acceptors (Lipinski definition) is 1. The van der Waals surface area contributed by atoms with Crippen molar-refractivity contribution in [3.05, 3.63) is 35.1 Å². The monoisotopic (exact) mass is 307 g/mol. The van der Waals surface area contributed by atoms with Crippen LogP contribution in [0.3, 0.4) is 0 Å². The Labute approximate surface area is 121 Å². The highest BCUT2D eigenvalue weighted by molar-refractivity contribution is 6.21. The second kappa shape index (κ2) is 7.53. The molecule has 1 rings (SSSR count). The zero-order valence-corrected chi connectivity index (χ0v) is 12.1. The van der Waals surface area contributed by atoms with Crippen LogP contribution in [0.1, 0.15) is 37.0 Å². The zero-order chi connectivity index (χ0) is 15.3. The van der Waals surface area contributed by atoms with Gasteiger partial charge in [0, 0.05) is 18.7 Å². The van der Waals surface area contributed by atoms with Crippen molar-refractivity contribution in [3.63, 3.8) is 0 Å². The fourth-order valence-electron chi connectivity index (χ4n) is 2.00. The Morgan fingerprint density at radius 3 is 2.15 bits per heavy atom. The molecule has 1 aromatic carbocycles. The fourth-order valence-corrected chi connectivity index (χ4v) is 2.44. The molecule has 112 valence electrons. The molecule has 0 saturated heterocycles. The van der Waals surface area contributed by atoms with Crippen molar-refractivity contribution in [2.24, 2.45) is 5.92 Å². The number of carbonyl (C=O) groups excluding carboxylic acids is 1. The molecule has 1 atom stereocenters.